The number of nitrogens with zero attached hydrogens (tertiary/aromatic N) is 2. The highest BCUT2D eigenvalue weighted by atomic mass is 16.4. The molecule has 15 heavy (non-hydrogen) atoms. The van der Waals surface area contributed by atoms with Gasteiger partial charge in [0.05, 0.1) is 6.21 Å². The van der Waals surface area contributed by atoms with Crippen molar-refractivity contribution < 1.29 is 10.0 Å². The van der Waals surface area contributed by atoms with Gasteiger partial charge in [0.25, 0.3) is 0 Å². The second-order valence-corrected chi connectivity index (χ2v) is 2.81. The van der Waals surface area contributed by atoms with E-state index >= 15 is 0 Å². The fourth-order valence-corrected chi connectivity index (χ4v) is 0.916. The summed E-state index contributed by atoms with van der Waals surface area (Å²) in [4.78, 5) is 0. The zero-order valence-electron chi connectivity index (χ0n) is 7.91. The predicted octanol–water partition coefficient (Wildman–Crippen LogP) is -2.03. The minimum absolute atomic E-state index is 0.117. The first-order valence-corrected chi connectivity index (χ1v) is 4.17. The summed E-state index contributed by atoms with van der Waals surface area (Å²) >= 11 is 0. The molecule has 0 aliphatic rings. The van der Waals surface area contributed by atoms with Crippen LogP contribution < -0.4 is 16.9 Å². The molecule has 0 atom stereocenters. The minimum Gasteiger partial charge on any atom is -0.423 e. The molecule has 0 aliphatic carbocycles. The van der Waals surface area contributed by atoms with E-state index in [1.807, 2.05) is 0 Å². The molecule has 0 heterocycles. The van der Waals surface area contributed by atoms with E-state index in [0.29, 0.717) is 5.46 Å². The standard InChI is InChI=1S/C8H11BN4O2/c10-8(11)13-12-5-6-1-3-7(4-2-6)9(14)15/h1-5,14-15H,(H4,10,11,13). The van der Waals surface area contributed by atoms with Crippen LogP contribution in [-0.2, 0) is 0 Å². The van der Waals surface area contributed by atoms with Crippen molar-refractivity contribution in [2.75, 3.05) is 0 Å². The molecule has 0 unspecified atom stereocenters. The first kappa shape index (κ1) is 11.2. The molecule has 1 aromatic rings. The van der Waals surface area contributed by atoms with E-state index < -0.39 is 7.12 Å². The van der Waals surface area contributed by atoms with E-state index in [9.17, 15) is 0 Å². The van der Waals surface area contributed by atoms with Gasteiger partial charge in [-0.2, -0.15) is 5.10 Å². The Morgan fingerprint density at radius 1 is 1.20 bits per heavy atom. The number of nitrogens with two attached hydrogens (primary N) is 2. The predicted molar refractivity (Wildman–Crippen MR) is 59.7 cm³/mol. The van der Waals surface area contributed by atoms with Crippen LogP contribution in [0.25, 0.3) is 0 Å². The van der Waals surface area contributed by atoms with E-state index in [0.717, 1.165) is 5.56 Å². The van der Waals surface area contributed by atoms with Crippen LogP contribution in [0.15, 0.2) is 34.5 Å². The monoisotopic (exact) mass is 206 g/mol. The summed E-state index contributed by atoms with van der Waals surface area (Å²) in [6, 6.07) is 6.48. The van der Waals surface area contributed by atoms with Gasteiger partial charge in [-0.3, -0.25) is 0 Å². The van der Waals surface area contributed by atoms with Crippen LogP contribution in [-0.4, -0.2) is 29.3 Å². The number of rotatable bonds is 3. The van der Waals surface area contributed by atoms with Gasteiger partial charge in [-0.25, -0.2) is 0 Å². The number of guanidine groups is 1. The number of hydrogen-bond donors (Lipinski definition) is 4. The molecule has 0 radical (unpaired) electrons. The van der Waals surface area contributed by atoms with Crippen molar-refractivity contribution in [2.45, 2.75) is 0 Å². The van der Waals surface area contributed by atoms with Crippen LogP contribution in [0.1, 0.15) is 5.56 Å². The molecule has 1 rings (SSSR count). The maximum Gasteiger partial charge on any atom is 0.488 e. The third-order valence-corrected chi connectivity index (χ3v) is 1.61. The maximum atomic E-state index is 8.83. The van der Waals surface area contributed by atoms with Crippen molar-refractivity contribution in [3.05, 3.63) is 29.8 Å². The molecule has 1 aromatic carbocycles. The van der Waals surface area contributed by atoms with Gasteiger partial charge in [-0.15, -0.1) is 5.10 Å². The molecule has 0 fully saturated rings. The normalized spacial score (nSPS) is 10.3. The first-order valence-electron chi connectivity index (χ1n) is 4.17. The Morgan fingerprint density at radius 2 is 1.80 bits per heavy atom. The number of hydrogen-bond acceptors (Lipinski definition) is 4. The molecule has 6 N–H and O–H groups in total. The zero-order chi connectivity index (χ0) is 11.3. The Kier molecular flexibility index (Phi) is 3.84. The largest absolute Gasteiger partial charge is 0.488 e. The lowest BCUT2D eigenvalue weighted by Gasteiger charge is -1.98. The molecule has 0 aromatic heterocycles. The fourth-order valence-electron chi connectivity index (χ4n) is 0.916. The molecular weight excluding hydrogens is 195 g/mol. The van der Waals surface area contributed by atoms with Gasteiger partial charge in [-0.1, -0.05) is 24.3 Å². The van der Waals surface area contributed by atoms with Gasteiger partial charge < -0.3 is 21.5 Å². The highest BCUT2D eigenvalue weighted by molar-refractivity contribution is 6.58. The summed E-state index contributed by atoms with van der Waals surface area (Å²) in [5, 5.41) is 24.7. The van der Waals surface area contributed by atoms with Crippen molar-refractivity contribution in [1.29, 1.82) is 0 Å². The topological polar surface area (TPSA) is 117 Å². The summed E-state index contributed by atoms with van der Waals surface area (Å²) in [6.07, 6.45) is 1.45. The van der Waals surface area contributed by atoms with E-state index in [-0.39, 0.29) is 5.96 Å². The van der Waals surface area contributed by atoms with Gasteiger partial charge >= 0.3 is 7.12 Å². The lowest BCUT2D eigenvalue weighted by Crippen LogP contribution is -2.29. The summed E-state index contributed by atoms with van der Waals surface area (Å²) in [5.74, 6) is -0.117. The summed E-state index contributed by atoms with van der Waals surface area (Å²) < 4.78 is 0. The second kappa shape index (κ2) is 5.13. The molecule has 7 heteroatoms. The molecule has 0 amide bonds. The van der Waals surface area contributed by atoms with Crippen molar-refractivity contribution in [1.82, 2.24) is 0 Å². The van der Waals surface area contributed by atoms with Crippen LogP contribution in [0.4, 0.5) is 0 Å². The molecule has 0 saturated heterocycles. The Bertz CT molecular complexity index is 371. The lowest BCUT2D eigenvalue weighted by molar-refractivity contribution is 0.426. The Balaban J connectivity index is 2.73. The average Bonchev–Trinajstić information content (AvgIpc) is 2.18. The molecule has 78 valence electrons. The SMILES string of the molecule is NC(N)=NN=Cc1ccc(B(O)O)cc1. The van der Waals surface area contributed by atoms with Crippen LogP contribution in [0.5, 0.6) is 0 Å². The van der Waals surface area contributed by atoms with E-state index in [1.54, 1.807) is 24.3 Å². The van der Waals surface area contributed by atoms with Gasteiger partial charge in [-0.05, 0) is 11.0 Å². The lowest BCUT2D eigenvalue weighted by atomic mass is 9.80. The molecule has 0 aliphatic heterocycles. The third-order valence-electron chi connectivity index (χ3n) is 1.61. The van der Waals surface area contributed by atoms with Crippen molar-refractivity contribution in [3.8, 4) is 0 Å². The zero-order valence-corrected chi connectivity index (χ0v) is 7.91. The molecule has 6 nitrogen and oxygen atoms in total. The fraction of sp³-hybridized carbons (Fsp3) is 0. The van der Waals surface area contributed by atoms with Gasteiger partial charge in [0, 0.05) is 0 Å². The van der Waals surface area contributed by atoms with Gasteiger partial charge in [0.2, 0.25) is 5.96 Å². The smallest absolute Gasteiger partial charge is 0.423 e. The maximum absolute atomic E-state index is 8.83. The average molecular weight is 206 g/mol. The summed E-state index contributed by atoms with van der Waals surface area (Å²) in [5.41, 5.74) is 11.3. The molecule has 0 bridgehead atoms. The molecule has 0 saturated carbocycles. The molecular formula is C8H11BN4O2. The van der Waals surface area contributed by atoms with E-state index in [4.69, 9.17) is 21.5 Å². The van der Waals surface area contributed by atoms with Gasteiger partial charge in [0.1, 0.15) is 0 Å². The summed E-state index contributed by atoms with van der Waals surface area (Å²) in [7, 11) is -1.46. The highest BCUT2D eigenvalue weighted by Gasteiger charge is 2.08. The molecule has 0 spiro atoms. The number of benzene rings is 1. The minimum atomic E-state index is -1.46. The van der Waals surface area contributed by atoms with E-state index in [2.05, 4.69) is 10.2 Å². The van der Waals surface area contributed by atoms with E-state index in [1.165, 1.54) is 6.21 Å². The van der Waals surface area contributed by atoms with Crippen molar-refractivity contribution in [3.63, 3.8) is 0 Å². The van der Waals surface area contributed by atoms with Crippen molar-refractivity contribution >= 4 is 24.8 Å². The Morgan fingerprint density at radius 3 is 2.27 bits per heavy atom. The quantitative estimate of drug-likeness (QED) is 0.197. The summed E-state index contributed by atoms with van der Waals surface area (Å²) in [6.45, 7) is 0. The first-order chi connectivity index (χ1) is 7.09. The second-order valence-electron chi connectivity index (χ2n) is 2.81. The van der Waals surface area contributed by atoms with Crippen LogP contribution in [0.3, 0.4) is 0 Å². The van der Waals surface area contributed by atoms with Crippen LogP contribution >= 0.6 is 0 Å². The Hall–Kier alpha value is -1.86. The van der Waals surface area contributed by atoms with Gasteiger partial charge in [0.15, 0.2) is 0 Å². The Labute approximate surface area is 87.1 Å². The third kappa shape index (κ3) is 3.80. The van der Waals surface area contributed by atoms with Crippen LogP contribution in [0, 0.1) is 0 Å². The van der Waals surface area contributed by atoms with Crippen LogP contribution in [0.2, 0.25) is 0 Å². The highest BCUT2D eigenvalue weighted by Crippen LogP contribution is 1.93. The van der Waals surface area contributed by atoms with Crippen molar-refractivity contribution in [2.24, 2.45) is 21.7 Å².